The lowest BCUT2D eigenvalue weighted by Gasteiger charge is -2.05. The van der Waals surface area contributed by atoms with Crippen molar-refractivity contribution in [3.05, 3.63) is 69.5 Å². The van der Waals surface area contributed by atoms with Gasteiger partial charge < -0.3 is 0 Å². The number of ketones is 1. The van der Waals surface area contributed by atoms with Gasteiger partial charge >= 0.3 is 0 Å². The molecular weight excluding hydrogens is 263 g/mol. The number of hydrogen-bond donors (Lipinski definition) is 0. The van der Waals surface area contributed by atoms with Crippen molar-refractivity contribution in [2.24, 2.45) is 0 Å². The Morgan fingerprint density at radius 2 is 1.68 bits per heavy atom. The van der Waals surface area contributed by atoms with Crippen LogP contribution in [0.3, 0.4) is 0 Å². The van der Waals surface area contributed by atoms with Crippen LogP contribution in [0.2, 0.25) is 5.02 Å². The Hall–Kier alpha value is -1.67. The molecule has 0 bridgehead atoms. The molecule has 0 amide bonds. The van der Waals surface area contributed by atoms with E-state index in [9.17, 15) is 9.18 Å². The number of rotatable bonds is 2. The molecule has 2 aromatic carbocycles. The molecule has 0 aromatic heterocycles. The molecule has 0 N–H and O–H groups in total. The zero-order valence-corrected chi connectivity index (χ0v) is 11.0. The van der Waals surface area contributed by atoms with Crippen LogP contribution in [0.25, 0.3) is 0 Å². The number of fused-ring (bicyclic) bond motifs is 1. The number of benzene rings is 2. The third-order valence-corrected chi connectivity index (χ3v) is 3.83. The molecule has 0 saturated carbocycles. The Morgan fingerprint density at radius 3 is 2.47 bits per heavy atom. The highest BCUT2D eigenvalue weighted by molar-refractivity contribution is 6.31. The summed E-state index contributed by atoms with van der Waals surface area (Å²) in [5.74, 6) is -0.622. The van der Waals surface area contributed by atoms with E-state index in [1.165, 1.54) is 29.3 Å². The van der Waals surface area contributed by atoms with Crippen molar-refractivity contribution in [1.29, 1.82) is 0 Å². The van der Waals surface area contributed by atoms with Crippen molar-refractivity contribution in [2.75, 3.05) is 0 Å². The van der Waals surface area contributed by atoms with Crippen molar-refractivity contribution in [1.82, 2.24) is 0 Å². The molecule has 0 heterocycles. The van der Waals surface area contributed by atoms with Crippen molar-refractivity contribution < 1.29 is 9.18 Å². The first kappa shape index (κ1) is 12.4. The second-order valence-corrected chi connectivity index (χ2v) is 5.20. The smallest absolute Gasteiger partial charge is 0.193 e. The Morgan fingerprint density at radius 1 is 1.00 bits per heavy atom. The van der Waals surface area contributed by atoms with Crippen LogP contribution in [-0.2, 0) is 12.8 Å². The topological polar surface area (TPSA) is 17.1 Å². The average Bonchev–Trinajstić information content (AvgIpc) is 2.88. The minimum atomic E-state index is -0.507. The molecule has 0 fully saturated rings. The number of aryl methyl sites for hydroxylation is 2. The van der Waals surface area contributed by atoms with E-state index in [4.69, 9.17) is 11.6 Å². The lowest BCUT2D eigenvalue weighted by Crippen LogP contribution is -2.02. The number of carbonyl (C=O) groups is 1. The van der Waals surface area contributed by atoms with Crippen molar-refractivity contribution in [3.63, 3.8) is 0 Å². The van der Waals surface area contributed by atoms with Crippen LogP contribution < -0.4 is 0 Å². The highest BCUT2D eigenvalue weighted by Gasteiger charge is 2.15. The first-order chi connectivity index (χ1) is 9.15. The summed E-state index contributed by atoms with van der Waals surface area (Å²) in [6.45, 7) is 0. The van der Waals surface area contributed by atoms with Gasteiger partial charge in [-0.3, -0.25) is 4.79 Å². The highest BCUT2D eigenvalue weighted by atomic mass is 35.5. The molecule has 1 nitrogen and oxygen atoms in total. The predicted octanol–water partition coefficient (Wildman–Crippen LogP) is 4.20. The second kappa shape index (κ2) is 4.78. The summed E-state index contributed by atoms with van der Waals surface area (Å²) < 4.78 is 13.1. The average molecular weight is 275 g/mol. The molecule has 3 heteroatoms. The second-order valence-electron chi connectivity index (χ2n) is 4.80. The molecule has 19 heavy (non-hydrogen) atoms. The number of carbonyl (C=O) groups excluding carboxylic acids is 1. The Bertz CT molecular complexity index is 664. The fourth-order valence-electron chi connectivity index (χ4n) is 2.52. The summed E-state index contributed by atoms with van der Waals surface area (Å²) in [4.78, 5) is 12.3. The van der Waals surface area contributed by atoms with Crippen LogP contribution in [-0.4, -0.2) is 5.78 Å². The fourth-order valence-corrected chi connectivity index (χ4v) is 2.70. The summed E-state index contributed by atoms with van der Waals surface area (Å²) >= 11 is 5.71. The zero-order valence-electron chi connectivity index (χ0n) is 10.2. The van der Waals surface area contributed by atoms with Gasteiger partial charge in [-0.05, 0) is 54.7 Å². The standard InChI is InChI=1S/C16H12ClFO/c17-14-9-13(6-7-15(14)18)16(19)12-5-4-10-2-1-3-11(10)8-12/h4-9H,1-3H2. The van der Waals surface area contributed by atoms with E-state index in [-0.39, 0.29) is 10.8 Å². The van der Waals surface area contributed by atoms with Gasteiger partial charge in [0.15, 0.2) is 5.78 Å². The van der Waals surface area contributed by atoms with Crippen LogP contribution in [0.5, 0.6) is 0 Å². The Balaban J connectivity index is 1.97. The van der Waals surface area contributed by atoms with Gasteiger partial charge in [-0.1, -0.05) is 23.7 Å². The molecule has 1 aliphatic carbocycles. The maximum Gasteiger partial charge on any atom is 0.193 e. The molecule has 2 aromatic rings. The summed E-state index contributed by atoms with van der Waals surface area (Å²) in [6.07, 6.45) is 3.27. The Kier molecular flexibility index (Phi) is 3.11. The molecule has 0 unspecified atom stereocenters. The molecule has 0 saturated heterocycles. The van der Waals surface area contributed by atoms with Crippen molar-refractivity contribution in [2.45, 2.75) is 19.3 Å². The summed E-state index contributed by atoms with van der Waals surface area (Å²) in [6, 6.07) is 9.87. The number of halogens is 2. The van der Waals surface area contributed by atoms with Gasteiger partial charge in [-0.25, -0.2) is 4.39 Å². The summed E-state index contributed by atoms with van der Waals surface area (Å²) in [5, 5.41) is -0.0213. The van der Waals surface area contributed by atoms with Crippen LogP contribution in [0, 0.1) is 5.82 Å². The summed E-state index contributed by atoms with van der Waals surface area (Å²) in [7, 11) is 0. The third-order valence-electron chi connectivity index (χ3n) is 3.54. The largest absolute Gasteiger partial charge is 0.289 e. The van der Waals surface area contributed by atoms with Crippen LogP contribution in [0.15, 0.2) is 36.4 Å². The monoisotopic (exact) mass is 274 g/mol. The van der Waals surface area contributed by atoms with Gasteiger partial charge in [0.1, 0.15) is 5.82 Å². The first-order valence-corrected chi connectivity index (χ1v) is 6.64. The summed E-state index contributed by atoms with van der Waals surface area (Å²) in [5.41, 5.74) is 3.64. The van der Waals surface area contributed by atoms with Gasteiger partial charge in [0.2, 0.25) is 0 Å². The van der Waals surface area contributed by atoms with E-state index in [0.29, 0.717) is 11.1 Å². The van der Waals surface area contributed by atoms with Gasteiger partial charge in [0, 0.05) is 11.1 Å². The lowest BCUT2D eigenvalue weighted by atomic mass is 9.99. The molecule has 1 aliphatic rings. The maximum atomic E-state index is 13.1. The molecule has 0 atom stereocenters. The van der Waals surface area contributed by atoms with Gasteiger partial charge in [-0.2, -0.15) is 0 Å². The van der Waals surface area contributed by atoms with Crippen LogP contribution >= 0.6 is 11.6 Å². The van der Waals surface area contributed by atoms with E-state index >= 15 is 0 Å². The van der Waals surface area contributed by atoms with Gasteiger partial charge in [0.05, 0.1) is 5.02 Å². The van der Waals surface area contributed by atoms with Crippen molar-refractivity contribution >= 4 is 17.4 Å². The zero-order chi connectivity index (χ0) is 13.4. The van der Waals surface area contributed by atoms with E-state index < -0.39 is 5.82 Å². The van der Waals surface area contributed by atoms with Crippen LogP contribution in [0.1, 0.15) is 33.5 Å². The minimum absolute atomic E-state index is 0.0213. The molecule has 0 aliphatic heterocycles. The molecule has 96 valence electrons. The molecule has 0 radical (unpaired) electrons. The SMILES string of the molecule is O=C(c1ccc(F)c(Cl)c1)c1ccc2c(c1)CCC2. The van der Waals surface area contributed by atoms with E-state index in [1.54, 1.807) is 0 Å². The number of hydrogen-bond acceptors (Lipinski definition) is 1. The van der Waals surface area contributed by atoms with E-state index in [1.807, 2.05) is 18.2 Å². The molecule has 0 spiro atoms. The Labute approximate surface area is 116 Å². The van der Waals surface area contributed by atoms with Gasteiger partial charge in [-0.15, -0.1) is 0 Å². The van der Waals surface area contributed by atoms with Gasteiger partial charge in [0.25, 0.3) is 0 Å². The van der Waals surface area contributed by atoms with Crippen molar-refractivity contribution in [3.8, 4) is 0 Å². The highest BCUT2D eigenvalue weighted by Crippen LogP contribution is 2.25. The predicted molar refractivity (Wildman–Crippen MR) is 73.3 cm³/mol. The third kappa shape index (κ3) is 2.28. The lowest BCUT2D eigenvalue weighted by molar-refractivity contribution is 0.103. The molecular formula is C16H12ClFO. The maximum absolute atomic E-state index is 13.1. The fraction of sp³-hybridized carbons (Fsp3) is 0.188. The van der Waals surface area contributed by atoms with E-state index in [2.05, 4.69) is 0 Å². The van der Waals surface area contributed by atoms with E-state index in [0.717, 1.165) is 19.3 Å². The molecule has 3 rings (SSSR count). The quantitative estimate of drug-likeness (QED) is 0.750. The first-order valence-electron chi connectivity index (χ1n) is 6.27. The van der Waals surface area contributed by atoms with Crippen LogP contribution in [0.4, 0.5) is 4.39 Å². The normalized spacial score (nSPS) is 13.4. The minimum Gasteiger partial charge on any atom is -0.289 e.